The van der Waals surface area contributed by atoms with Crippen LogP contribution in [0.4, 0.5) is 0 Å². The van der Waals surface area contributed by atoms with Crippen LogP contribution in [0.3, 0.4) is 0 Å². The lowest BCUT2D eigenvalue weighted by Crippen LogP contribution is -2.36. The minimum absolute atomic E-state index is 0.0838. The monoisotopic (exact) mass is 628 g/mol. The highest BCUT2D eigenvalue weighted by Gasteiger charge is 2.27. The molecule has 0 bridgehead atoms. The first-order chi connectivity index (χ1) is 20.8. The standard InChI is InChI=1S/C35H48O10/c1-23(2)31(38)40-19-27(36)21-42-34(7,8)44-29-15-11-25(12-16-29)33(5,6)26-13-17-30(18-14-26)45-35(9,10)43-22-28(37)20-41-32(39)24(3)4/h11-18,27-28,36-37H,1,3,19-22H2,2,4-10H3. The molecule has 0 aliphatic rings. The molecule has 0 radical (unpaired) electrons. The van der Waals surface area contributed by atoms with Crippen molar-refractivity contribution in [2.75, 3.05) is 26.4 Å². The smallest absolute Gasteiger partial charge is 0.333 e. The summed E-state index contributed by atoms with van der Waals surface area (Å²) >= 11 is 0. The van der Waals surface area contributed by atoms with Gasteiger partial charge in [-0.15, -0.1) is 0 Å². The average molecular weight is 629 g/mol. The molecule has 45 heavy (non-hydrogen) atoms. The van der Waals surface area contributed by atoms with Crippen LogP contribution in [-0.4, -0.2) is 72.4 Å². The molecule has 0 aromatic heterocycles. The van der Waals surface area contributed by atoms with E-state index in [1.165, 1.54) is 13.8 Å². The van der Waals surface area contributed by atoms with Gasteiger partial charge in [-0.2, -0.15) is 0 Å². The highest BCUT2D eigenvalue weighted by atomic mass is 16.7. The maximum Gasteiger partial charge on any atom is 0.333 e. The summed E-state index contributed by atoms with van der Waals surface area (Å²) in [6.45, 7) is 20.7. The summed E-state index contributed by atoms with van der Waals surface area (Å²) in [6, 6.07) is 15.4. The van der Waals surface area contributed by atoms with Gasteiger partial charge in [-0.05, 0) is 49.2 Å². The van der Waals surface area contributed by atoms with Crippen LogP contribution in [0, 0.1) is 0 Å². The molecule has 10 nitrogen and oxygen atoms in total. The third-order valence-electron chi connectivity index (χ3n) is 6.64. The first-order valence-corrected chi connectivity index (χ1v) is 14.7. The maximum absolute atomic E-state index is 11.5. The molecule has 2 aromatic carbocycles. The predicted octanol–water partition coefficient (Wildman–Crippen LogP) is 5.24. The van der Waals surface area contributed by atoms with Gasteiger partial charge in [-0.3, -0.25) is 0 Å². The second-order valence-corrected chi connectivity index (χ2v) is 12.4. The Kier molecular flexibility index (Phi) is 13.4. The summed E-state index contributed by atoms with van der Waals surface area (Å²) in [6.07, 6.45) is -2.01. The second kappa shape index (κ2) is 16.0. The molecular weight excluding hydrogens is 580 g/mol. The number of esters is 2. The Morgan fingerprint density at radius 2 is 0.933 bits per heavy atom. The van der Waals surface area contributed by atoms with Gasteiger partial charge in [0.1, 0.15) is 36.9 Å². The van der Waals surface area contributed by atoms with Crippen LogP contribution in [0.5, 0.6) is 11.5 Å². The van der Waals surface area contributed by atoms with Crippen molar-refractivity contribution in [2.45, 2.75) is 84.6 Å². The van der Waals surface area contributed by atoms with Gasteiger partial charge in [-0.25, -0.2) is 9.59 Å². The van der Waals surface area contributed by atoms with Crippen molar-refractivity contribution < 1.29 is 48.2 Å². The molecule has 248 valence electrons. The maximum atomic E-state index is 11.5. The van der Waals surface area contributed by atoms with Crippen molar-refractivity contribution in [3.63, 3.8) is 0 Å². The van der Waals surface area contributed by atoms with Gasteiger partial charge in [0.2, 0.25) is 11.6 Å². The van der Waals surface area contributed by atoms with Crippen LogP contribution >= 0.6 is 0 Å². The molecule has 0 saturated heterocycles. The molecule has 0 aliphatic heterocycles. The Morgan fingerprint density at radius 3 is 1.22 bits per heavy atom. The fourth-order valence-electron chi connectivity index (χ4n) is 3.95. The number of carbonyl (C=O) groups is 2. The van der Waals surface area contributed by atoms with Gasteiger partial charge in [0.25, 0.3) is 0 Å². The van der Waals surface area contributed by atoms with Gasteiger partial charge >= 0.3 is 11.9 Å². The largest absolute Gasteiger partial charge is 0.463 e. The first-order valence-electron chi connectivity index (χ1n) is 14.7. The second-order valence-electron chi connectivity index (χ2n) is 12.4. The number of carbonyl (C=O) groups excluding carboxylic acids is 2. The summed E-state index contributed by atoms with van der Waals surface area (Å²) in [5, 5.41) is 20.2. The lowest BCUT2D eigenvalue weighted by molar-refractivity contribution is -0.179. The topological polar surface area (TPSA) is 130 Å². The van der Waals surface area contributed by atoms with Gasteiger partial charge in [0.15, 0.2) is 0 Å². The van der Waals surface area contributed by atoms with E-state index in [0.717, 1.165) is 11.1 Å². The van der Waals surface area contributed by atoms with Crippen molar-refractivity contribution in [2.24, 2.45) is 0 Å². The van der Waals surface area contributed by atoms with E-state index in [9.17, 15) is 19.8 Å². The summed E-state index contributed by atoms with van der Waals surface area (Å²) < 4.78 is 33.3. The van der Waals surface area contributed by atoms with E-state index in [1.54, 1.807) is 27.7 Å². The van der Waals surface area contributed by atoms with E-state index in [2.05, 4.69) is 27.0 Å². The molecule has 10 heteroatoms. The van der Waals surface area contributed by atoms with Crippen LogP contribution in [-0.2, 0) is 34.0 Å². The van der Waals surface area contributed by atoms with Gasteiger partial charge < -0.3 is 38.6 Å². The van der Waals surface area contributed by atoms with Crippen LogP contribution in [0.2, 0.25) is 0 Å². The van der Waals surface area contributed by atoms with Crippen LogP contribution in [0.15, 0.2) is 72.8 Å². The fourth-order valence-corrected chi connectivity index (χ4v) is 3.95. The summed E-state index contributed by atoms with van der Waals surface area (Å²) in [7, 11) is 0. The van der Waals surface area contributed by atoms with Crippen LogP contribution < -0.4 is 9.47 Å². The Hall–Kier alpha value is -3.70. The Bertz CT molecular complexity index is 1190. The lowest BCUT2D eigenvalue weighted by Gasteiger charge is -2.30. The van der Waals surface area contributed by atoms with E-state index in [4.69, 9.17) is 28.4 Å². The first kappa shape index (κ1) is 37.5. The van der Waals surface area contributed by atoms with Gasteiger partial charge in [-0.1, -0.05) is 51.3 Å². The zero-order chi connectivity index (χ0) is 34.0. The molecule has 0 saturated carbocycles. The molecule has 0 aliphatic carbocycles. The average Bonchev–Trinajstić information content (AvgIpc) is 2.96. The van der Waals surface area contributed by atoms with Gasteiger partial charge in [0, 0.05) is 44.3 Å². The van der Waals surface area contributed by atoms with E-state index in [0.29, 0.717) is 11.5 Å². The quantitative estimate of drug-likeness (QED) is 0.129. The minimum Gasteiger partial charge on any atom is -0.463 e. The Morgan fingerprint density at radius 1 is 0.622 bits per heavy atom. The lowest BCUT2D eigenvalue weighted by atomic mass is 9.78. The van der Waals surface area contributed by atoms with E-state index >= 15 is 0 Å². The van der Waals surface area contributed by atoms with E-state index in [1.807, 2.05) is 48.5 Å². The SMILES string of the molecule is C=C(C)C(=O)OCC(O)COC(C)(C)Oc1ccc(C(C)(C)c2ccc(OC(C)(C)OCC(O)COC(=O)C(=C)C)cc2)cc1. The third-order valence-corrected chi connectivity index (χ3v) is 6.64. The van der Waals surface area contributed by atoms with Crippen molar-refractivity contribution in [1.29, 1.82) is 0 Å². The molecule has 0 spiro atoms. The number of hydrogen-bond acceptors (Lipinski definition) is 10. The number of ether oxygens (including phenoxy) is 6. The molecule has 0 heterocycles. The predicted molar refractivity (Wildman–Crippen MR) is 170 cm³/mol. The number of aliphatic hydroxyl groups excluding tert-OH is 2. The molecule has 0 amide bonds. The molecule has 2 unspecified atom stereocenters. The molecule has 2 atom stereocenters. The van der Waals surface area contributed by atoms with Crippen LogP contribution in [0.1, 0.15) is 66.5 Å². The van der Waals surface area contributed by atoms with E-state index in [-0.39, 0.29) is 43.0 Å². The summed E-state index contributed by atoms with van der Waals surface area (Å²) in [5.74, 6) is -2.04. The zero-order valence-electron chi connectivity index (χ0n) is 27.7. The Labute approximate surface area is 266 Å². The molecular formula is C35H48O10. The van der Waals surface area contributed by atoms with Crippen molar-refractivity contribution in [3.8, 4) is 11.5 Å². The minimum atomic E-state index is -1.04. The van der Waals surface area contributed by atoms with E-state index < -0.39 is 35.7 Å². The number of benzene rings is 2. The highest BCUT2D eigenvalue weighted by Crippen LogP contribution is 2.34. The molecule has 2 N–H and O–H groups in total. The Balaban J connectivity index is 1.93. The highest BCUT2D eigenvalue weighted by molar-refractivity contribution is 5.87. The normalized spacial score (nSPS) is 13.4. The van der Waals surface area contributed by atoms with Crippen LogP contribution in [0.25, 0.3) is 0 Å². The number of hydrogen-bond donors (Lipinski definition) is 2. The zero-order valence-corrected chi connectivity index (χ0v) is 27.7. The number of rotatable bonds is 18. The van der Waals surface area contributed by atoms with Crippen molar-refractivity contribution in [1.82, 2.24) is 0 Å². The summed E-state index contributed by atoms with van der Waals surface area (Å²) in [5.41, 5.74) is 2.28. The van der Waals surface area contributed by atoms with Gasteiger partial charge in [0.05, 0.1) is 13.2 Å². The summed E-state index contributed by atoms with van der Waals surface area (Å²) in [4.78, 5) is 23.0. The fraction of sp³-hybridized carbons (Fsp3) is 0.486. The van der Waals surface area contributed by atoms with Crippen molar-refractivity contribution in [3.05, 3.63) is 84.0 Å². The molecule has 0 fully saturated rings. The van der Waals surface area contributed by atoms with Crippen molar-refractivity contribution >= 4 is 11.9 Å². The number of aliphatic hydroxyl groups is 2. The molecule has 2 aromatic rings. The third kappa shape index (κ3) is 12.7. The molecule has 2 rings (SSSR count).